The minimum absolute atomic E-state index is 0.0478. The van der Waals surface area contributed by atoms with Gasteiger partial charge in [0.1, 0.15) is 5.41 Å². The number of carbonyl (C=O) groups excluding carboxylic acids is 1. The van der Waals surface area contributed by atoms with E-state index in [1.165, 1.54) is 26.0 Å². The van der Waals surface area contributed by atoms with Gasteiger partial charge in [0.15, 0.2) is 0 Å². The van der Waals surface area contributed by atoms with Crippen LogP contribution in [0.15, 0.2) is 24.3 Å². The van der Waals surface area contributed by atoms with Gasteiger partial charge < -0.3 is 5.32 Å². The summed E-state index contributed by atoms with van der Waals surface area (Å²) in [5.41, 5.74) is -1.64. The molecule has 0 radical (unpaired) electrons. The summed E-state index contributed by atoms with van der Waals surface area (Å²) in [6.45, 7) is 2.83. The van der Waals surface area contributed by atoms with Gasteiger partial charge in [0.25, 0.3) is 0 Å². The first kappa shape index (κ1) is 15.0. The molecule has 0 aromatic heterocycles. The van der Waals surface area contributed by atoms with Crippen molar-refractivity contribution in [2.45, 2.75) is 26.6 Å². The smallest absolute Gasteiger partial charge is 0.351 e. The highest BCUT2D eigenvalue weighted by Gasteiger charge is 2.30. The maximum atomic E-state index is 12.5. The second kappa shape index (κ2) is 5.31. The summed E-state index contributed by atoms with van der Waals surface area (Å²) in [5, 5.41) is 11.2. The third-order valence-electron chi connectivity index (χ3n) is 2.55. The Hall–Kier alpha value is -2.03. The van der Waals surface area contributed by atoms with Crippen LogP contribution in [0.5, 0.6) is 0 Å². The summed E-state index contributed by atoms with van der Waals surface area (Å²) in [6, 6.07) is 6.51. The second-order valence-electron chi connectivity index (χ2n) is 4.62. The highest BCUT2D eigenvalue weighted by Crippen LogP contribution is 2.29. The van der Waals surface area contributed by atoms with Crippen molar-refractivity contribution in [2.75, 3.05) is 0 Å². The lowest BCUT2D eigenvalue weighted by molar-refractivity contribution is -0.137. The van der Waals surface area contributed by atoms with Crippen LogP contribution in [0.3, 0.4) is 0 Å². The van der Waals surface area contributed by atoms with E-state index in [9.17, 15) is 18.0 Å². The monoisotopic (exact) mass is 270 g/mol. The van der Waals surface area contributed by atoms with Crippen molar-refractivity contribution in [3.63, 3.8) is 0 Å². The molecule has 1 rings (SSSR count). The molecule has 0 fully saturated rings. The Morgan fingerprint density at radius 2 is 2.00 bits per heavy atom. The first-order chi connectivity index (χ1) is 8.66. The van der Waals surface area contributed by atoms with E-state index in [1.807, 2.05) is 6.07 Å². The highest BCUT2D eigenvalue weighted by atomic mass is 19.4. The molecule has 0 unspecified atom stereocenters. The lowest BCUT2D eigenvalue weighted by atomic mass is 9.94. The second-order valence-corrected chi connectivity index (χ2v) is 4.62. The van der Waals surface area contributed by atoms with Crippen molar-refractivity contribution in [1.82, 2.24) is 5.32 Å². The van der Waals surface area contributed by atoms with Crippen LogP contribution in [0.4, 0.5) is 13.2 Å². The summed E-state index contributed by atoms with van der Waals surface area (Å²) in [6.07, 6.45) is -4.41. The molecule has 0 aliphatic carbocycles. The Kier molecular flexibility index (Phi) is 4.20. The van der Waals surface area contributed by atoms with E-state index < -0.39 is 23.1 Å². The Bertz CT molecular complexity index is 515. The standard InChI is InChI=1S/C13H13F3N2O/c1-12(2,8-17)11(19)18-7-9-4-3-5-10(6-9)13(14,15)16/h3-6H,7H2,1-2H3,(H,18,19). The molecule has 0 aliphatic rings. The Morgan fingerprint density at radius 1 is 1.37 bits per heavy atom. The molecule has 1 aromatic carbocycles. The number of benzene rings is 1. The fourth-order valence-corrected chi connectivity index (χ4v) is 1.31. The highest BCUT2D eigenvalue weighted by molar-refractivity contribution is 5.84. The minimum Gasteiger partial charge on any atom is -0.351 e. The van der Waals surface area contributed by atoms with Gasteiger partial charge in [-0.25, -0.2) is 0 Å². The van der Waals surface area contributed by atoms with Gasteiger partial charge in [-0.05, 0) is 31.5 Å². The maximum Gasteiger partial charge on any atom is 0.416 e. The average Bonchev–Trinajstić information content (AvgIpc) is 2.35. The zero-order chi connectivity index (χ0) is 14.7. The van der Waals surface area contributed by atoms with Gasteiger partial charge in [-0.3, -0.25) is 4.79 Å². The predicted octanol–water partition coefficient (Wildman–Crippen LogP) is 2.87. The predicted molar refractivity (Wildman–Crippen MR) is 62.7 cm³/mol. The molecule has 0 saturated heterocycles. The molecule has 0 aliphatic heterocycles. The summed E-state index contributed by atoms with van der Waals surface area (Å²) in [5.74, 6) is -0.521. The lowest BCUT2D eigenvalue weighted by Crippen LogP contribution is -2.35. The van der Waals surface area contributed by atoms with Gasteiger partial charge in [-0.2, -0.15) is 18.4 Å². The normalized spacial score (nSPS) is 11.8. The van der Waals surface area contributed by atoms with Crippen molar-refractivity contribution in [3.8, 4) is 6.07 Å². The van der Waals surface area contributed by atoms with Crippen LogP contribution in [0.2, 0.25) is 0 Å². The maximum absolute atomic E-state index is 12.5. The van der Waals surface area contributed by atoms with E-state index in [0.717, 1.165) is 12.1 Å². The first-order valence-electron chi connectivity index (χ1n) is 5.52. The van der Waals surface area contributed by atoms with Gasteiger partial charge in [0.05, 0.1) is 11.6 Å². The lowest BCUT2D eigenvalue weighted by Gasteiger charge is -2.15. The number of amides is 1. The topological polar surface area (TPSA) is 52.9 Å². The number of nitrogens with one attached hydrogen (secondary N) is 1. The number of nitrogens with zero attached hydrogens (tertiary/aromatic N) is 1. The van der Waals surface area contributed by atoms with E-state index in [-0.39, 0.29) is 6.54 Å². The minimum atomic E-state index is -4.41. The van der Waals surface area contributed by atoms with Crippen LogP contribution in [-0.4, -0.2) is 5.91 Å². The molecule has 6 heteroatoms. The molecule has 102 valence electrons. The number of alkyl halides is 3. The van der Waals surface area contributed by atoms with Crippen molar-refractivity contribution in [1.29, 1.82) is 5.26 Å². The molecule has 19 heavy (non-hydrogen) atoms. The fraction of sp³-hybridized carbons (Fsp3) is 0.385. The van der Waals surface area contributed by atoms with Gasteiger partial charge in [0, 0.05) is 6.54 Å². The molecule has 0 bridgehead atoms. The van der Waals surface area contributed by atoms with Crippen molar-refractivity contribution in [3.05, 3.63) is 35.4 Å². The summed E-state index contributed by atoms with van der Waals surface area (Å²) >= 11 is 0. The van der Waals surface area contributed by atoms with E-state index in [2.05, 4.69) is 5.32 Å². The van der Waals surface area contributed by atoms with Gasteiger partial charge in [0.2, 0.25) is 5.91 Å². The molecule has 3 nitrogen and oxygen atoms in total. The zero-order valence-corrected chi connectivity index (χ0v) is 10.5. The van der Waals surface area contributed by atoms with Gasteiger partial charge in [-0.1, -0.05) is 12.1 Å². The molecule has 0 spiro atoms. The van der Waals surface area contributed by atoms with Crippen LogP contribution >= 0.6 is 0 Å². The SMILES string of the molecule is CC(C)(C#N)C(=O)NCc1cccc(C(F)(F)F)c1. The Morgan fingerprint density at radius 3 is 2.53 bits per heavy atom. The number of nitriles is 1. The Labute approximate surface area is 109 Å². The largest absolute Gasteiger partial charge is 0.416 e. The van der Waals surface area contributed by atoms with Crippen LogP contribution in [0.1, 0.15) is 25.0 Å². The van der Waals surface area contributed by atoms with Crippen molar-refractivity contribution < 1.29 is 18.0 Å². The third-order valence-corrected chi connectivity index (χ3v) is 2.55. The molecule has 0 atom stereocenters. The average molecular weight is 270 g/mol. The molecule has 1 aromatic rings. The van der Waals surface area contributed by atoms with Crippen molar-refractivity contribution in [2.24, 2.45) is 5.41 Å². The molecule has 1 N–H and O–H groups in total. The van der Waals surface area contributed by atoms with Gasteiger partial charge in [-0.15, -0.1) is 0 Å². The summed E-state index contributed by atoms with van der Waals surface area (Å²) in [4.78, 5) is 11.6. The van der Waals surface area contributed by atoms with E-state index in [1.54, 1.807) is 0 Å². The van der Waals surface area contributed by atoms with Crippen LogP contribution in [-0.2, 0) is 17.5 Å². The fourth-order valence-electron chi connectivity index (χ4n) is 1.31. The van der Waals surface area contributed by atoms with E-state index in [4.69, 9.17) is 5.26 Å². The van der Waals surface area contributed by atoms with E-state index in [0.29, 0.717) is 5.56 Å². The number of carbonyl (C=O) groups is 1. The van der Waals surface area contributed by atoms with Crippen LogP contribution in [0.25, 0.3) is 0 Å². The number of hydrogen-bond acceptors (Lipinski definition) is 2. The van der Waals surface area contributed by atoms with Crippen LogP contribution in [0, 0.1) is 16.7 Å². The van der Waals surface area contributed by atoms with Crippen molar-refractivity contribution >= 4 is 5.91 Å². The number of hydrogen-bond donors (Lipinski definition) is 1. The quantitative estimate of drug-likeness (QED) is 0.918. The zero-order valence-electron chi connectivity index (χ0n) is 10.5. The van der Waals surface area contributed by atoms with Gasteiger partial charge >= 0.3 is 6.18 Å². The number of rotatable bonds is 3. The molecule has 0 heterocycles. The molecular weight excluding hydrogens is 257 g/mol. The van der Waals surface area contributed by atoms with Crippen LogP contribution < -0.4 is 5.32 Å². The third kappa shape index (κ3) is 3.98. The Balaban J connectivity index is 2.75. The molecule has 0 saturated carbocycles. The first-order valence-corrected chi connectivity index (χ1v) is 5.52. The summed E-state index contributed by atoms with van der Waals surface area (Å²) < 4.78 is 37.4. The number of halogens is 3. The molecule has 1 amide bonds. The molecular formula is C13H13F3N2O. The van der Waals surface area contributed by atoms with E-state index >= 15 is 0 Å². The summed E-state index contributed by atoms with van der Waals surface area (Å²) in [7, 11) is 0.